The first-order valence-electron chi connectivity index (χ1n) is 6.80. The summed E-state index contributed by atoms with van der Waals surface area (Å²) in [7, 11) is 0. The minimum Gasteiger partial charge on any atom is -0.508 e. The number of nitrogens with two attached hydrogens (primary N) is 1. The van der Waals surface area contributed by atoms with E-state index in [2.05, 4.69) is 9.97 Å². The molecule has 1 aromatic heterocycles. The Morgan fingerprint density at radius 2 is 2.21 bits per heavy atom. The predicted octanol–water partition coefficient (Wildman–Crippen LogP) is 1.77. The molecule has 19 heavy (non-hydrogen) atoms. The number of aromatic hydroxyl groups is 1. The number of nitrogens with zero attached hydrogens (tertiary/aromatic N) is 1. The zero-order chi connectivity index (χ0) is 13.2. The molecule has 2 aromatic rings. The lowest BCUT2D eigenvalue weighted by atomic mass is 9.90. The summed E-state index contributed by atoms with van der Waals surface area (Å²) in [5, 5.41) is 9.80. The fraction of sp³-hybridized carbons (Fsp3) is 0.400. The molecule has 1 aromatic carbocycles. The van der Waals surface area contributed by atoms with Gasteiger partial charge in [0, 0.05) is 17.7 Å². The number of hydrogen-bond donors (Lipinski definition) is 3. The summed E-state index contributed by atoms with van der Waals surface area (Å²) in [6.45, 7) is 0.743. The van der Waals surface area contributed by atoms with Crippen LogP contribution in [0.5, 0.6) is 5.75 Å². The monoisotopic (exact) mass is 257 g/mol. The van der Waals surface area contributed by atoms with Crippen LogP contribution >= 0.6 is 0 Å². The molecule has 1 heterocycles. The summed E-state index contributed by atoms with van der Waals surface area (Å²) in [5.41, 5.74) is 9.05. The number of aromatic nitrogens is 2. The molecule has 1 aliphatic carbocycles. The van der Waals surface area contributed by atoms with Gasteiger partial charge in [-0.3, -0.25) is 0 Å². The maximum Gasteiger partial charge on any atom is 0.119 e. The van der Waals surface area contributed by atoms with E-state index in [0.717, 1.165) is 37.2 Å². The summed E-state index contributed by atoms with van der Waals surface area (Å²) in [5.74, 6) is 1.84. The van der Waals surface area contributed by atoms with Crippen LogP contribution in [0.15, 0.2) is 24.3 Å². The number of rotatable bonds is 3. The van der Waals surface area contributed by atoms with E-state index < -0.39 is 0 Å². The molecule has 0 saturated carbocycles. The van der Waals surface area contributed by atoms with Crippen LogP contribution in [0.2, 0.25) is 0 Å². The molecule has 0 amide bonds. The van der Waals surface area contributed by atoms with E-state index in [9.17, 15) is 5.11 Å². The molecule has 4 heteroatoms. The molecular weight excluding hydrogens is 238 g/mol. The van der Waals surface area contributed by atoms with Crippen LogP contribution in [0.25, 0.3) is 0 Å². The highest BCUT2D eigenvalue weighted by molar-refractivity contribution is 5.34. The topological polar surface area (TPSA) is 74.9 Å². The molecule has 1 atom stereocenters. The SMILES string of the molecule is NCC1CCc2nc(Cc3ccccc3O)[nH]c2C1. The van der Waals surface area contributed by atoms with Crippen LogP contribution in [-0.4, -0.2) is 21.6 Å². The third-order valence-electron chi connectivity index (χ3n) is 3.88. The van der Waals surface area contributed by atoms with Crippen molar-refractivity contribution in [1.29, 1.82) is 0 Å². The highest BCUT2D eigenvalue weighted by atomic mass is 16.3. The largest absolute Gasteiger partial charge is 0.508 e. The van der Waals surface area contributed by atoms with Gasteiger partial charge in [0.2, 0.25) is 0 Å². The van der Waals surface area contributed by atoms with Crippen molar-refractivity contribution in [2.75, 3.05) is 6.54 Å². The maximum absolute atomic E-state index is 9.80. The standard InChI is InChI=1S/C15H19N3O/c16-9-10-5-6-12-13(7-10)18-15(17-12)8-11-3-1-2-4-14(11)19/h1-4,10,19H,5-9,16H2,(H,17,18). The van der Waals surface area contributed by atoms with E-state index in [1.165, 1.54) is 11.4 Å². The smallest absolute Gasteiger partial charge is 0.119 e. The second-order valence-electron chi connectivity index (χ2n) is 5.26. The third-order valence-corrected chi connectivity index (χ3v) is 3.88. The van der Waals surface area contributed by atoms with Crippen molar-refractivity contribution in [1.82, 2.24) is 9.97 Å². The summed E-state index contributed by atoms with van der Waals surface area (Å²) in [4.78, 5) is 8.04. The molecule has 0 spiro atoms. The van der Waals surface area contributed by atoms with Crippen molar-refractivity contribution in [3.05, 3.63) is 47.0 Å². The number of hydrogen-bond acceptors (Lipinski definition) is 3. The van der Waals surface area contributed by atoms with Crippen LogP contribution in [0.3, 0.4) is 0 Å². The first kappa shape index (κ1) is 12.2. The number of H-pyrrole nitrogens is 1. The molecule has 0 aliphatic heterocycles. The molecule has 0 radical (unpaired) electrons. The predicted molar refractivity (Wildman–Crippen MR) is 74.1 cm³/mol. The molecule has 3 rings (SSSR count). The van der Waals surface area contributed by atoms with Crippen molar-refractivity contribution in [3.63, 3.8) is 0 Å². The molecule has 4 N–H and O–H groups in total. The Bertz CT molecular complexity index is 577. The number of para-hydroxylation sites is 1. The highest BCUT2D eigenvalue weighted by Gasteiger charge is 2.21. The van der Waals surface area contributed by atoms with Gasteiger partial charge in [-0.15, -0.1) is 0 Å². The van der Waals surface area contributed by atoms with E-state index in [1.54, 1.807) is 6.07 Å². The van der Waals surface area contributed by atoms with Crippen LogP contribution in [0, 0.1) is 5.92 Å². The average Bonchev–Trinajstić information content (AvgIpc) is 2.82. The zero-order valence-corrected chi connectivity index (χ0v) is 10.9. The minimum atomic E-state index is 0.330. The van der Waals surface area contributed by atoms with Crippen molar-refractivity contribution < 1.29 is 5.11 Å². The molecule has 100 valence electrons. The molecule has 1 unspecified atom stereocenters. The van der Waals surface area contributed by atoms with Gasteiger partial charge in [-0.05, 0) is 37.8 Å². The van der Waals surface area contributed by atoms with E-state index in [4.69, 9.17) is 5.73 Å². The van der Waals surface area contributed by atoms with Gasteiger partial charge < -0.3 is 15.8 Å². The average molecular weight is 257 g/mol. The number of aryl methyl sites for hydroxylation is 1. The minimum absolute atomic E-state index is 0.330. The lowest BCUT2D eigenvalue weighted by Gasteiger charge is -2.18. The molecule has 1 aliphatic rings. The first-order valence-corrected chi connectivity index (χ1v) is 6.80. The highest BCUT2D eigenvalue weighted by Crippen LogP contribution is 2.25. The van der Waals surface area contributed by atoms with Gasteiger partial charge in [-0.25, -0.2) is 4.98 Å². The van der Waals surface area contributed by atoms with Crippen molar-refractivity contribution in [3.8, 4) is 5.75 Å². The van der Waals surface area contributed by atoms with Gasteiger partial charge in [-0.1, -0.05) is 18.2 Å². The molecule has 0 saturated heterocycles. The van der Waals surface area contributed by atoms with Crippen LogP contribution < -0.4 is 5.73 Å². The molecule has 0 fully saturated rings. The Morgan fingerprint density at radius 1 is 1.37 bits per heavy atom. The van der Waals surface area contributed by atoms with E-state index in [0.29, 0.717) is 18.1 Å². The lowest BCUT2D eigenvalue weighted by Crippen LogP contribution is -2.22. The lowest BCUT2D eigenvalue weighted by molar-refractivity contribution is 0.461. The summed E-state index contributed by atoms with van der Waals surface area (Å²) in [6.07, 6.45) is 3.78. The Kier molecular flexibility index (Phi) is 3.25. The van der Waals surface area contributed by atoms with Gasteiger partial charge in [0.25, 0.3) is 0 Å². The van der Waals surface area contributed by atoms with Crippen LogP contribution in [0.4, 0.5) is 0 Å². The quantitative estimate of drug-likeness (QED) is 0.784. The maximum atomic E-state index is 9.80. The van der Waals surface area contributed by atoms with Crippen molar-refractivity contribution in [2.24, 2.45) is 11.7 Å². The van der Waals surface area contributed by atoms with Crippen molar-refractivity contribution >= 4 is 0 Å². The number of fused-ring (bicyclic) bond motifs is 1. The molecular formula is C15H19N3O. The van der Waals surface area contributed by atoms with Gasteiger partial charge in [0.15, 0.2) is 0 Å². The van der Waals surface area contributed by atoms with E-state index in [-0.39, 0.29) is 0 Å². The van der Waals surface area contributed by atoms with Gasteiger partial charge >= 0.3 is 0 Å². The number of imidazole rings is 1. The van der Waals surface area contributed by atoms with Gasteiger partial charge in [0.1, 0.15) is 11.6 Å². The normalized spacial score (nSPS) is 18.3. The number of phenols is 1. The summed E-state index contributed by atoms with van der Waals surface area (Å²) >= 11 is 0. The van der Waals surface area contributed by atoms with Crippen LogP contribution in [-0.2, 0) is 19.3 Å². The fourth-order valence-corrected chi connectivity index (χ4v) is 2.74. The second kappa shape index (κ2) is 5.05. The number of aromatic amines is 1. The Labute approximate surface area is 112 Å². The van der Waals surface area contributed by atoms with Crippen LogP contribution in [0.1, 0.15) is 29.2 Å². The summed E-state index contributed by atoms with van der Waals surface area (Å²) in [6, 6.07) is 7.41. The summed E-state index contributed by atoms with van der Waals surface area (Å²) < 4.78 is 0. The Morgan fingerprint density at radius 3 is 3.00 bits per heavy atom. The van der Waals surface area contributed by atoms with Gasteiger partial charge in [-0.2, -0.15) is 0 Å². The number of nitrogens with one attached hydrogen (secondary N) is 1. The third kappa shape index (κ3) is 2.49. The first-order chi connectivity index (χ1) is 9.26. The Balaban J connectivity index is 1.80. The van der Waals surface area contributed by atoms with E-state index >= 15 is 0 Å². The number of phenolic OH excluding ortho intramolecular Hbond substituents is 1. The molecule has 4 nitrogen and oxygen atoms in total. The van der Waals surface area contributed by atoms with Crippen molar-refractivity contribution in [2.45, 2.75) is 25.7 Å². The van der Waals surface area contributed by atoms with Gasteiger partial charge in [0.05, 0.1) is 5.69 Å². The Hall–Kier alpha value is -1.81. The molecule has 0 bridgehead atoms. The second-order valence-corrected chi connectivity index (χ2v) is 5.26. The fourth-order valence-electron chi connectivity index (χ4n) is 2.74. The van der Waals surface area contributed by atoms with E-state index in [1.807, 2.05) is 18.2 Å². The number of benzene rings is 1. The zero-order valence-electron chi connectivity index (χ0n) is 10.9.